The molecule has 3 amide bonds. The number of amides is 3. The number of carbonyl (C=O) groups excluding carboxylic acids is 3. The van der Waals surface area contributed by atoms with E-state index in [2.05, 4.69) is 10.6 Å². The number of ether oxygens (including phenoxy) is 1. The standard InChI is InChI=1S/C25H30N4O4/c1-17-4-6-18(7-5-17)22-15-23(30)27-20-14-19(25(32)28-12-3-10-26-11-13-28)8-9-21(20)29(22)24(31)16-33-2/h4-9,14,22,26H,3,10-13,15-16H2,1-2H3,(H,27,30). The van der Waals surface area contributed by atoms with Gasteiger partial charge in [0.15, 0.2) is 0 Å². The molecule has 2 N–H and O–H groups in total. The van der Waals surface area contributed by atoms with Crippen molar-refractivity contribution in [1.29, 1.82) is 0 Å². The number of fused-ring (bicyclic) bond motifs is 1. The minimum atomic E-state index is -0.479. The molecule has 2 heterocycles. The largest absolute Gasteiger partial charge is 0.375 e. The SMILES string of the molecule is COCC(=O)N1c2ccc(C(=O)N3CCCNCC3)cc2NC(=O)CC1c1ccc(C)cc1. The molecule has 4 rings (SSSR count). The van der Waals surface area contributed by atoms with Crippen LogP contribution in [0.4, 0.5) is 11.4 Å². The minimum Gasteiger partial charge on any atom is -0.375 e. The van der Waals surface area contributed by atoms with Gasteiger partial charge in [-0.05, 0) is 43.7 Å². The highest BCUT2D eigenvalue weighted by atomic mass is 16.5. The molecule has 2 aromatic rings. The first-order valence-corrected chi connectivity index (χ1v) is 11.3. The average molecular weight is 451 g/mol. The van der Waals surface area contributed by atoms with Crippen molar-refractivity contribution in [2.24, 2.45) is 0 Å². The number of rotatable bonds is 4. The van der Waals surface area contributed by atoms with Gasteiger partial charge in [-0.1, -0.05) is 29.8 Å². The first-order valence-electron chi connectivity index (χ1n) is 11.3. The van der Waals surface area contributed by atoms with Crippen LogP contribution >= 0.6 is 0 Å². The van der Waals surface area contributed by atoms with Crippen molar-refractivity contribution in [2.75, 3.05) is 50.1 Å². The van der Waals surface area contributed by atoms with E-state index in [0.717, 1.165) is 30.6 Å². The number of hydrogen-bond acceptors (Lipinski definition) is 5. The summed E-state index contributed by atoms with van der Waals surface area (Å²) < 4.78 is 5.13. The van der Waals surface area contributed by atoms with Crippen LogP contribution in [0.5, 0.6) is 0 Å². The molecule has 1 unspecified atom stereocenters. The Balaban J connectivity index is 1.73. The second kappa shape index (κ2) is 10.1. The lowest BCUT2D eigenvalue weighted by Crippen LogP contribution is -2.37. The summed E-state index contributed by atoms with van der Waals surface area (Å²) in [7, 11) is 1.47. The zero-order valence-corrected chi connectivity index (χ0v) is 19.1. The van der Waals surface area contributed by atoms with Gasteiger partial charge in [0, 0.05) is 32.3 Å². The maximum atomic E-state index is 13.2. The maximum Gasteiger partial charge on any atom is 0.253 e. The van der Waals surface area contributed by atoms with Gasteiger partial charge in [-0.15, -0.1) is 0 Å². The number of aryl methyl sites for hydroxylation is 1. The molecule has 0 saturated carbocycles. The highest BCUT2D eigenvalue weighted by molar-refractivity contribution is 6.07. The summed E-state index contributed by atoms with van der Waals surface area (Å²) in [5.74, 6) is -0.540. The Morgan fingerprint density at radius 1 is 1.09 bits per heavy atom. The molecular weight excluding hydrogens is 420 g/mol. The van der Waals surface area contributed by atoms with Gasteiger partial charge in [-0.3, -0.25) is 14.4 Å². The minimum absolute atomic E-state index is 0.0788. The Labute approximate surface area is 193 Å². The van der Waals surface area contributed by atoms with E-state index in [0.29, 0.717) is 30.0 Å². The van der Waals surface area contributed by atoms with Gasteiger partial charge in [-0.2, -0.15) is 0 Å². The predicted octanol–water partition coefficient (Wildman–Crippen LogP) is 2.49. The zero-order chi connectivity index (χ0) is 23.4. The van der Waals surface area contributed by atoms with E-state index in [1.807, 2.05) is 36.1 Å². The summed E-state index contributed by atoms with van der Waals surface area (Å²) in [5.41, 5.74) is 3.47. The van der Waals surface area contributed by atoms with E-state index in [-0.39, 0.29) is 30.7 Å². The van der Waals surface area contributed by atoms with Crippen LogP contribution in [0.1, 0.15) is 40.4 Å². The van der Waals surface area contributed by atoms with Gasteiger partial charge in [0.25, 0.3) is 11.8 Å². The first-order chi connectivity index (χ1) is 16.0. The molecule has 0 aliphatic carbocycles. The summed E-state index contributed by atoms with van der Waals surface area (Å²) in [6, 6.07) is 12.5. The van der Waals surface area contributed by atoms with Crippen LogP contribution in [0.15, 0.2) is 42.5 Å². The maximum absolute atomic E-state index is 13.2. The Morgan fingerprint density at radius 2 is 1.88 bits per heavy atom. The quantitative estimate of drug-likeness (QED) is 0.747. The van der Waals surface area contributed by atoms with Gasteiger partial charge in [0.05, 0.1) is 23.8 Å². The molecule has 1 atom stereocenters. The molecule has 2 aliphatic heterocycles. The van der Waals surface area contributed by atoms with Gasteiger partial charge >= 0.3 is 0 Å². The van der Waals surface area contributed by atoms with Crippen LogP contribution < -0.4 is 15.5 Å². The summed E-state index contributed by atoms with van der Waals surface area (Å²) >= 11 is 0. The highest BCUT2D eigenvalue weighted by Crippen LogP contribution is 2.39. The first kappa shape index (κ1) is 22.9. The van der Waals surface area contributed by atoms with Crippen molar-refractivity contribution in [3.05, 3.63) is 59.2 Å². The van der Waals surface area contributed by atoms with Crippen LogP contribution in [-0.2, 0) is 14.3 Å². The molecule has 0 bridgehead atoms. The lowest BCUT2D eigenvalue weighted by atomic mass is 9.99. The molecule has 8 nitrogen and oxygen atoms in total. The van der Waals surface area contributed by atoms with Crippen molar-refractivity contribution < 1.29 is 19.1 Å². The third kappa shape index (κ3) is 5.07. The van der Waals surface area contributed by atoms with Gasteiger partial charge in [0.1, 0.15) is 6.61 Å². The number of methoxy groups -OCH3 is 1. The van der Waals surface area contributed by atoms with E-state index in [9.17, 15) is 14.4 Å². The fourth-order valence-corrected chi connectivity index (χ4v) is 4.40. The van der Waals surface area contributed by atoms with Crippen LogP contribution in [0, 0.1) is 6.92 Å². The summed E-state index contributed by atoms with van der Waals surface area (Å²) in [6.45, 7) is 4.84. The Bertz CT molecular complexity index is 1030. The molecule has 174 valence electrons. The van der Waals surface area contributed by atoms with E-state index < -0.39 is 6.04 Å². The number of benzene rings is 2. The van der Waals surface area contributed by atoms with Crippen LogP contribution in [0.25, 0.3) is 0 Å². The van der Waals surface area contributed by atoms with Crippen LogP contribution in [0.2, 0.25) is 0 Å². The summed E-state index contributed by atoms with van der Waals surface area (Å²) in [4.78, 5) is 42.6. The molecule has 1 fully saturated rings. The van der Waals surface area contributed by atoms with Gasteiger partial charge < -0.3 is 25.2 Å². The molecule has 0 aromatic heterocycles. The molecule has 2 aliphatic rings. The van der Waals surface area contributed by atoms with E-state index in [1.54, 1.807) is 23.1 Å². The normalized spacial score (nSPS) is 18.7. The van der Waals surface area contributed by atoms with Crippen LogP contribution in [0.3, 0.4) is 0 Å². The number of nitrogens with one attached hydrogen (secondary N) is 2. The number of nitrogens with zero attached hydrogens (tertiary/aromatic N) is 2. The highest BCUT2D eigenvalue weighted by Gasteiger charge is 2.34. The van der Waals surface area contributed by atoms with Gasteiger partial charge in [0.2, 0.25) is 5.91 Å². The molecule has 1 saturated heterocycles. The zero-order valence-electron chi connectivity index (χ0n) is 19.1. The molecule has 0 spiro atoms. The van der Waals surface area contributed by atoms with Crippen molar-refractivity contribution in [1.82, 2.24) is 10.2 Å². The summed E-state index contributed by atoms with van der Waals surface area (Å²) in [6.07, 6.45) is 0.999. The smallest absolute Gasteiger partial charge is 0.253 e. The number of carbonyl (C=O) groups is 3. The van der Waals surface area contributed by atoms with E-state index in [1.165, 1.54) is 7.11 Å². The van der Waals surface area contributed by atoms with Crippen LogP contribution in [-0.4, -0.2) is 62.5 Å². The lowest BCUT2D eigenvalue weighted by molar-refractivity contribution is -0.122. The van der Waals surface area contributed by atoms with E-state index in [4.69, 9.17) is 4.74 Å². The Kier molecular flexibility index (Phi) is 7.05. The molecule has 0 radical (unpaired) electrons. The fourth-order valence-electron chi connectivity index (χ4n) is 4.40. The van der Waals surface area contributed by atoms with Crippen molar-refractivity contribution in [2.45, 2.75) is 25.8 Å². The monoisotopic (exact) mass is 450 g/mol. The molecular formula is C25H30N4O4. The van der Waals surface area contributed by atoms with Crippen molar-refractivity contribution in [3.63, 3.8) is 0 Å². The topological polar surface area (TPSA) is 91.0 Å². The summed E-state index contributed by atoms with van der Waals surface area (Å²) in [5, 5.41) is 6.21. The number of anilines is 2. The third-order valence-electron chi connectivity index (χ3n) is 6.09. The lowest BCUT2D eigenvalue weighted by Gasteiger charge is -2.31. The molecule has 8 heteroatoms. The average Bonchev–Trinajstić information content (AvgIpc) is 3.16. The second-order valence-electron chi connectivity index (χ2n) is 8.50. The third-order valence-corrected chi connectivity index (χ3v) is 6.09. The fraction of sp³-hybridized carbons (Fsp3) is 0.400. The molecule has 33 heavy (non-hydrogen) atoms. The van der Waals surface area contributed by atoms with E-state index >= 15 is 0 Å². The van der Waals surface area contributed by atoms with Crippen molar-refractivity contribution in [3.8, 4) is 0 Å². The number of hydrogen-bond donors (Lipinski definition) is 2. The van der Waals surface area contributed by atoms with Gasteiger partial charge in [-0.25, -0.2) is 0 Å². The predicted molar refractivity (Wildman–Crippen MR) is 126 cm³/mol. The molecule has 2 aromatic carbocycles. The second-order valence-corrected chi connectivity index (χ2v) is 8.50. The Morgan fingerprint density at radius 3 is 2.64 bits per heavy atom. The Hall–Kier alpha value is -3.23. The van der Waals surface area contributed by atoms with Crippen molar-refractivity contribution >= 4 is 29.1 Å².